The fourth-order valence-corrected chi connectivity index (χ4v) is 12.9. The number of ketones is 2. The Morgan fingerprint density at radius 2 is 1.57 bits per heavy atom. The van der Waals surface area contributed by atoms with E-state index in [2.05, 4.69) is 31.8 Å². The van der Waals surface area contributed by atoms with Crippen molar-refractivity contribution in [2.75, 3.05) is 14.1 Å². The highest BCUT2D eigenvalue weighted by Crippen LogP contribution is 2.39. The Bertz CT molecular complexity index is 2150. The summed E-state index contributed by atoms with van der Waals surface area (Å²) >= 11 is 0. The number of carbonyl (C=O) groups is 5. The van der Waals surface area contributed by atoms with Crippen molar-refractivity contribution in [1.29, 1.82) is 0 Å². The van der Waals surface area contributed by atoms with Crippen LogP contribution in [0.5, 0.6) is 0 Å². The van der Waals surface area contributed by atoms with Gasteiger partial charge in [0.05, 0.1) is 42.6 Å². The zero-order valence-electron chi connectivity index (χ0n) is 44.2. The van der Waals surface area contributed by atoms with E-state index < -0.39 is 98.5 Å². The van der Waals surface area contributed by atoms with Crippen LogP contribution in [0.15, 0.2) is 72.7 Å². The second-order valence-corrected chi connectivity index (χ2v) is 24.4. The lowest BCUT2D eigenvalue weighted by Gasteiger charge is -2.49. The van der Waals surface area contributed by atoms with E-state index in [0.717, 1.165) is 34.6 Å². The highest BCUT2D eigenvalue weighted by molar-refractivity contribution is 6.73. The normalized spacial score (nSPS) is 30.7. The molecule has 70 heavy (non-hydrogen) atoms. The molecule has 2 aliphatic rings. The topological polar surface area (TPSA) is 198 Å². The number of para-hydroxylation sites is 1. The standard InChI is InChI=1S/C54H80N2O12Si.H2O/c1-15-45-43(29-36(7)57)28-34(5)25-26-47(60)54(12,62-27-21-22-41-30-42-23-19-20-24-44(42)55-33-41)32-35(6)50(37(8)46(31-48(61)66-45)68-69(16-2,17-3)18-4)67-53-52(65-40(11)59)49(56(13)14)51(38(9)63-53)64-39(10)58;/h19-21,23-28,30,33,35,37-38,43,45-46,49-53H,15-18,22,29,31-32H2,1-14H3;1H2/b26-25+,27-21+,34-28+;/t35-,37-,38?,43?,45?,46+,49?,50-,51?,52?,53?,54-;/m0./s1. The van der Waals surface area contributed by atoms with Gasteiger partial charge in [-0.15, -0.1) is 0 Å². The number of carbonyl (C=O) groups excluding carboxylic acids is 5. The van der Waals surface area contributed by atoms with Gasteiger partial charge >= 0.3 is 17.9 Å². The van der Waals surface area contributed by atoms with Gasteiger partial charge in [-0.1, -0.05) is 77.5 Å². The Morgan fingerprint density at radius 1 is 0.929 bits per heavy atom. The summed E-state index contributed by atoms with van der Waals surface area (Å²) in [5.74, 6) is -3.45. The summed E-state index contributed by atoms with van der Waals surface area (Å²) in [5.41, 5.74) is 1.12. The molecular weight excluding hydrogens is 913 g/mol. The summed E-state index contributed by atoms with van der Waals surface area (Å²) in [6.07, 6.45) is 5.48. The minimum Gasteiger partial charge on any atom is -0.487 e. The third kappa shape index (κ3) is 16.2. The molecule has 1 aromatic heterocycles. The molecular formula is C54H82N2O13Si. The summed E-state index contributed by atoms with van der Waals surface area (Å²) in [6.45, 7) is 21.7. The smallest absolute Gasteiger partial charge is 0.308 e. The molecule has 3 heterocycles. The molecule has 2 aliphatic heterocycles. The number of benzene rings is 1. The number of rotatable bonds is 17. The summed E-state index contributed by atoms with van der Waals surface area (Å²) < 4.78 is 45.7. The third-order valence-electron chi connectivity index (χ3n) is 13.9. The maximum atomic E-state index is 14.8. The van der Waals surface area contributed by atoms with Crippen LogP contribution in [0.25, 0.3) is 10.9 Å². The number of fused-ring (bicyclic) bond motifs is 1. The molecule has 15 nitrogen and oxygen atoms in total. The van der Waals surface area contributed by atoms with Gasteiger partial charge in [-0.3, -0.25) is 29.1 Å². The summed E-state index contributed by atoms with van der Waals surface area (Å²) in [7, 11) is 1.16. The van der Waals surface area contributed by atoms with Crippen LogP contribution in [0.3, 0.4) is 0 Å². The number of allylic oxidation sites excluding steroid dienone is 3. The predicted octanol–water partition coefficient (Wildman–Crippen LogP) is 8.61. The average molecular weight is 995 g/mol. The van der Waals surface area contributed by atoms with Gasteiger partial charge in [0.25, 0.3) is 0 Å². The molecule has 1 fully saturated rings. The number of Topliss-reactive ketones (excluding diaryl/α,β-unsaturated/α-hetero) is 1. The first-order valence-electron chi connectivity index (χ1n) is 24.8. The van der Waals surface area contributed by atoms with Gasteiger partial charge in [-0.05, 0) is 115 Å². The number of nitrogens with zero attached hydrogens (tertiary/aromatic N) is 2. The minimum absolute atomic E-state index is 0. The summed E-state index contributed by atoms with van der Waals surface area (Å²) in [5, 5.41) is 1.01. The van der Waals surface area contributed by atoms with Crippen LogP contribution in [0.2, 0.25) is 18.1 Å². The van der Waals surface area contributed by atoms with Gasteiger partial charge in [0.1, 0.15) is 18.0 Å². The number of pyridine rings is 1. The molecule has 1 aromatic carbocycles. The van der Waals surface area contributed by atoms with E-state index in [4.69, 9.17) is 32.8 Å². The van der Waals surface area contributed by atoms with Crippen LogP contribution >= 0.6 is 0 Å². The molecule has 1 saturated heterocycles. The van der Waals surface area contributed by atoms with Crippen LogP contribution < -0.4 is 0 Å². The largest absolute Gasteiger partial charge is 0.487 e. The molecule has 12 atom stereocenters. The first-order chi connectivity index (χ1) is 32.6. The van der Waals surface area contributed by atoms with Gasteiger partial charge in [-0.2, -0.15) is 0 Å². The van der Waals surface area contributed by atoms with E-state index in [9.17, 15) is 24.0 Å². The fraction of sp³-hybridized carbons (Fsp3) is 0.630. The highest BCUT2D eigenvalue weighted by atomic mass is 28.4. The number of ether oxygens (including phenoxy) is 6. The Labute approximate surface area is 417 Å². The first kappa shape index (κ1) is 59.7. The van der Waals surface area contributed by atoms with Crippen LogP contribution in [0.4, 0.5) is 0 Å². The van der Waals surface area contributed by atoms with Crippen molar-refractivity contribution in [1.82, 2.24) is 9.88 Å². The molecule has 0 radical (unpaired) electrons. The number of hydrogen-bond donors (Lipinski definition) is 0. The second kappa shape index (κ2) is 27.3. The lowest BCUT2D eigenvalue weighted by molar-refractivity contribution is -0.307. The number of cyclic esters (lactones) is 1. The SMILES string of the molecule is CCC1OC(=O)C[C@@H](O[Si](CC)(CC)CC)[C@H](C)[C@@H](OC2OC(C)C(OC(C)=O)C(N(C)C)C2OC(C)=O)[C@@H](C)C[C@](C)(O/C=C/Cc2cnc3ccccc3c2)C(=O)/C=C/C(C)=C/C1CC(C)=O.O. The number of hydrogen-bond acceptors (Lipinski definition) is 14. The van der Waals surface area contributed by atoms with Crippen molar-refractivity contribution in [2.24, 2.45) is 17.8 Å². The van der Waals surface area contributed by atoms with Crippen LogP contribution in [0.1, 0.15) is 114 Å². The van der Waals surface area contributed by atoms with Gasteiger partial charge in [0.15, 0.2) is 32.1 Å². The first-order valence-corrected chi connectivity index (χ1v) is 27.4. The highest BCUT2D eigenvalue weighted by Gasteiger charge is 2.52. The molecule has 2 N–H and O–H groups in total. The number of likely N-dealkylation sites (N-methyl/N-ethyl adjacent to an activating group) is 1. The molecule has 16 heteroatoms. The number of esters is 3. The molecule has 4 rings (SSSR count). The fourth-order valence-electron chi connectivity index (χ4n) is 9.97. The van der Waals surface area contributed by atoms with Crippen molar-refractivity contribution >= 4 is 48.7 Å². The lowest BCUT2D eigenvalue weighted by Crippen LogP contribution is -2.65. The van der Waals surface area contributed by atoms with Crippen molar-refractivity contribution in [3.8, 4) is 0 Å². The maximum absolute atomic E-state index is 14.8. The van der Waals surface area contributed by atoms with Crippen molar-refractivity contribution in [3.63, 3.8) is 0 Å². The molecule has 0 spiro atoms. The second-order valence-electron chi connectivity index (χ2n) is 19.6. The van der Waals surface area contributed by atoms with Gasteiger partial charge < -0.3 is 43.1 Å². The van der Waals surface area contributed by atoms with Gasteiger partial charge in [0, 0.05) is 43.7 Å². The van der Waals surface area contributed by atoms with E-state index in [-0.39, 0.29) is 36.3 Å². The van der Waals surface area contributed by atoms with E-state index in [1.54, 1.807) is 40.3 Å². The summed E-state index contributed by atoms with van der Waals surface area (Å²) in [4.78, 5) is 73.6. The summed E-state index contributed by atoms with van der Waals surface area (Å²) in [6, 6.07) is 11.7. The molecule has 0 aliphatic carbocycles. The molecule has 0 amide bonds. The molecule has 0 saturated carbocycles. The van der Waals surface area contributed by atoms with Crippen molar-refractivity contribution in [3.05, 3.63) is 78.2 Å². The molecule has 2 aromatic rings. The molecule has 390 valence electrons. The van der Waals surface area contributed by atoms with Crippen molar-refractivity contribution < 1.29 is 62.3 Å². The third-order valence-corrected chi connectivity index (χ3v) is 18.6. The van der Waals surface area contributed by atoms with E-state index in [1.807, 2.05) is 75.2 Å². The Hall–Kier alpha value is -4.58. The molecule has 7 unspecified atom stereocenters. The van der Waals surface area contributed by atoms with Gasteiger partial charge in [0.2, 0.25) is 0 Å². The van der Waals surface area contributed by atoms with Crippen LogP contribution in [-0.4, -0.2) is 122 Å². The van der Waals surface area contributed by atoms with Crippen LogP contribution in [-0.2, 0) is 63.2 Å². The molecule has 0 bridgehead atoms. The Morgan fingerprint density at radius 3 is 2.17 bits per heavy atom. The Balaban J connectivity index is 0.0000130. The van der Waals surface area contributed by atoms with E-state index in [1.165, 1.54) is 26.8 Å². The zero-order valence-corrected chi connectivity index (χ0v) is 45.2. The predicted molar refractivity (Wildman–Crippen MR) is 272 cm³/mol. The van der Waals surface area contributed by atoms with E-state index >= 15 is 0 Å². The van der Waals surface area contributed by atoms with E-state index in [0.29, 0.717) is 18.4 Å². The number of aromatic nitrogens is 1. The quantitative estimate of drug-likeness (QED) is 0.0632. The van der Waals surface area contributed by atoms with Crippen LogP contribution in [0, 0.1) is 17.8 Å². The monoisotopic (exact) mass is 995 g/mol. The average Bonchev–Trinajstić information content (AvgIpc) is 3.29. The zero-order chi connectivity index (χ0) is 51.2. The van der Waals surface area contributed by atoms with Crippen molar-refractivity contribution in [2.45, 2.75) is 188 Å². The Kier molecular flexibility index (Phi) is 23.3. The maximum Gasteiger partial charge on any atom is 0.308 e. The minimum atomic E-state index is -2.45. The van der Waals surface area contributed by atoms with Gasteiger partial charge in [-0.25, -0.2) is 0 Å². The lowest BCUT2D eigenvalue weighted by atomic mass is 9.80.